The molecule has 0 bridgehead atoms. The highest BCUT2D eigenvalue weighted by Crippen LogP contribution is 2.31. The Morgan fingerprint density at radius 3 is 1.77 bits per heavy atom. The van der Waals surface area contributed by atoms with Gasteiger partial charge in [0.2, 0.25) is 9.05 Å². The van der Waals surface area contributed by atoms with E-state index in [0.29, 0.717) is 19.8 Å². The minimum absolute atomic E-state index is 0.404. The lowest BCUT2D eigenvalue weighted by atomic mass is 9.94. The van der Waals surface area contributed by atoms with E-state index in [-0.39, 0.29) is 0 Å². The second-order valence-electron chi connectivity index (χ2n) is 7.39. The van der Waals surface area contributed by atoms with Gasteiger partial charge in [0, 0.05) is 30.5 Å². The number of methoxy groups -OCH3 is 1. The normalized spacial score (nSPS) is 27.2. The molecule has 1 fully saturated rings. The zero-order valence-corrected chi connectivity index (χ0v) is 20.1. The van der Waals surface area contributed by atoms with Crippen LogP contribution in [0, 0.1) is 0 Å². The predicted octanol–water partition coefficient (Wildman–Crippen LogP) is 3.05. The average molecular weight is 473 g/mol. The standard InChI is InChI=1S/C20H37ClO8S/c1-5-8-11-26-16-15(14-30(21,23)24)29-19(20(22)25-4)18(28-13-10-7-3)17(16)27-12-9-6-2/h15-19H,5-14H2,1-4H3/t15-,16+,17?,18-,19?/m0/s1. The summed E-state index contributed by atoms with van der Waals surface area (Å²) in [5.41, 5.74) is 0. The Labute approximate surface area is 185 Å². The quantitative estimate of drug-likeness (QED) is 0.204. The van der Waals surface area contributed by atoms with Gasteiger partial charge in [-0.05, 0) is 19.3 Å². The summed E-state index contributed by atoms with van der Waals surface area (Å²) in [6.07, 6.45) is 0.832. The number of carbonyl (C=O) groups excluding carboxylic acids is 1. The molecule has 1 rings (SSSR count). The van der Waals surface area contributed by atoms with Gasteiger partial charge in [0.15, 0.2) is 6.10 Å². The Bertz CT molecular complexity index is 585. The van der Waals surface area contributed by atoms with E-state index in [4.69, 9.17) is 34.4 Å². The summed E-state index contributed by atoms with van der Waals surface area (Å²) in [4.78, 5) is 12.5. The second kappa shape index (κ2) is 14.6. The van der Waals surface area contributed by atoms with Crippen LogP contribution in [-0.4, -0.2) is 77.6 Å². The van der Waals surface area contributed by atoms with Crippen molar-refractivity contribution in [2.75, 3.05) is 32.7 Å². The van der Waals surface area contributed by atoms with E-state index in [1.54, 1.807) is 0 Å². The molecule has 5 atom stereocenters. The number of rotatable bonds is 15. The molecular weight excluding hydrogens is 436 g/mol. The molecule has 1 saturated heterocycles. The fourth-order valence-corrected chi connectivity index (χ4v) is 4.25. The zero-order valence-electron chi connectivity index (χ0n) is 18.5. The van der Waals surface area contributed by atoms with E-state index in [1.165, 1.54) is 7.11 Å². The van der Waals surface area contributed by atoms with Crippen LogP contribution in [0.15, 0.2) is 0 Å². The summed E-state index contributed by atoms with van der Waals surface area (Å²) in [6.45, 7) is 7.34. The maximum absolute atomic E-state index is 12.5. The van der Waals surface area contributed by atoms with Gasteiger partial charge in [-0.15, -0.1) is 0 Å². The van der Waals surface area contributed by atoms with Crippen molar-refractivity contribution in [3.8, 4) is 0 Å². The van der Waals surface area contributed by atoms with Gasteiger partial charge in [0.1, 0.15) is 24.4 Å². The van der Waals surface area contributed by atoms with Crippen LogP contribution in [0.3, 0.4) is 0 Å². The van der Waals surface area contributed by atoms with Crippen LogP contribution in [0.1, 0.15) is 59.3 Å². The molecule has 0 spiro atoms. The molecule has 178 valence electrons. The van der Waals surface area contributed by atoms with Crippen molar-refractivity contribution in [2.45, 2.75) is 89.8 Å². The number of unbranched alkanes of at least 4 members (excludes halogenated alkanes) is 3. The lowest BCUT2D eigenvalue weighted by Gasteiger charge is -2.45. The summed E-state index contributed by atoms with van der Waals surface area (Å²) >= 11 is 0. The van der Waals surface area contributed by atoms with Crippen LogP contribution in [0.2, 0.25) is 0 Å². The molecule has 8 nitrogen and oxygen atoms in total. The van der Waals surface area contributed by atoms with Crippen LogP contribution in [0.25, 0.3) is 0 Å². The maximum atomic E-state index is 12.5. The smallest absolute Gasteiger partial charge is 0.337 e. The largest absolute Gasteiger partial charge is 0.467 e. The highest BCUT2D eigenvalue weighted by atomic mass is 35.7. The van der Waals surface area contributed by atoms with Gasteiger partial charge in [-0.3, -0.25) is 0 Å². The first-order chi connectivity index (χ1) is 14.3. The molecule has 2 unspecified atom stereocenters. The molecule has 0 radical (unpaired) electrons. The maximum Gasteiger partial charge on any atom is 0.337 e. The lowest BCUT2D eigenvalue weighted by Crippen LogP contribution is -2.63. The molecule has 10 heteroatoms. The van der Waals surface area contributed by atoms with Crippen LogP contribution in [-0.2, 0) is 37.5 Å². The number of hydrogen-bond acceptors (Lipinski definition) is 8. The van der Waals surface area contributed by atoms with E-state index in [1.807, 2.05) is 20.8 Å². The summed E-state index contributed by atoms with van der Waals surface area (Å²) in [5, 5.41) is 0. The van der Waals surface area contributed by atoms with Crippen LogP contribution in [0.5, 0.6) is 0 Å². The number of ether oxygens (including phenoxy) is 5. The van der Waals surface area contributed by atoms with Crippen molar-refractivity contribution in [3.63, 3.8) is 0 Å². The van der Waals surface area contributed by atoms with Crippen molar-refractivity contribution in [2.24, 2.45) is 0 Å². The predicted molar refractivity (Wildman–Crippen MR) is 114 cm³/mol. The Morgan fingerprint density at radius 2 is 1.33 bits per heavy atom. The lowest BCUT2D eigenvalue weighted by molar-refractivity contribution is -0.255. The highest BCUT2D eigenvalue weighted by Gasteiger charge is 2.52. The molecule has 1 aliphatic rings. The van der Waals surface area contributed by atoms with Crippen LogP contribution >= 0.6 is 10.7 Å². The first-order valence-corrected chi connectivity index (χ1v) is 13.3. The summed E-state index contributed by atoms with van der Waals surface area (Å²) in [7, 11) is 2.85. The molecule has 1 heterocycles. The van der Waals surface area contributed by atoms with Crippen LogP contribution in [0.4, 0.5) is 0 Å². The van der Waals surface area contributed by atoms with Crippen LogP contribution < -0.4 is 0 Å². The molecule has 0 saturated carbocycles. The monoisotopic (exact) mass is 472 g/mol. The molecule has 0 aliphatic carbocycles. The number of halogens is 1. The molecule has 0 N–H and O–H groups in total. The third-order valence-corrected chi connectivity index (χ3v) is 5.96. The minimum atomic E-state index is -3.91. The molecule has 30 heavy (non-hydrogen) atoms. The Morgan fingerprint density at radius 1 is 0.867 bits per heavy atom. The van der Waals surface area contributed by atoms with Gasteiger partial charge in [-0.25, -0.2) is 13.2 Å². The van der Waals surface area contributed by atoms with E-state index in [0.717, 1.165) is 38.5 Å². The van der Waals surface area contributed by atoms with Crippen molar-refractivity contribution >= 4 is 25.7 Å². The molecule has 0 aromatic rings. The van der Waals surface area contributed by atoms with Gasteiger partial charge in [-0.2, -0.15) is 0 Å². The van der Waals surface area contributed by atoms with Crippen molar-refractivity contribution in [1.82, 2.24) is 0 Å². The Balaban J connectivity index is 3.24. The first-order valence-electron chi connectivity index (χ1n) is 10.8. The van der Waals surface area contributed by atoms with Gasteiger partial charge >= 0.3 is 5.97 Å². The van der Waals surface area contributed by atoms with E-state index < -0.39 is 51.3 Å². The van der Waals surface area contributed by atoms with E-state index >= 15 is 0 Å². The van der Waals surface area contributed by atoms with E-state index in [2.05, 4.69) is 0 Å². The second-order valence-corrected chi connectivity index (χ2v) is 10.2. The molecular formula is C20H37ClO8S. The minimum Gasteiger partial charge on any atom is -0.467 e. The number of carbonyl (C=O) groups is 1. The fraction of sp³-hybridized carbons (Fsp3) is 0.950. The topological polar surface area (TPSA) is 97.4 Å². The molecule has 0 aromatic carbocycles. The third-order valence-electron chi connectivity index (χ3n) is 4.86. The third kappa shape index (κ3) is 9.36. The Kier molecular flexibility index (Phi) is 13.4. The van der Waals surface area contributed by atoms with E-state index in [9.17, 15) is 13.2 Å². The number of hydrogen-bond donors (Lipinski definition) is 0. The van der Waals surface area contributed by atoms with Gasteiger partial charge in [0.05, 0.1) is 12.9 Å². The molecule has 0 aromatic heterocycles. The first kappa shape index (κ1) is 27.6. The molecule has 0 amide bonds. The SMILES string of the molecule is CCCCOC1[C@H](OCCCC)C(C(=O)OC)O[C@@H](CS(=O)(=O)Cl)[C@H]1OCCCC. The van der Waals surface area contributed by atoms with Gasteiger partial charge < -0.3 is 23.7 Å². The number of esters is 1. The van der Waals surface area contributed by atoms with Gasteiger partial charge in [0.25, 0.3) is 0 Å². The molecule has 1 aliphatic heterocycles. The summed E-state index contributed by atoms with van der Waals surface area (Å²) < 4.78 is 52.5. The highest BCUT2D eigenvalue weighted by molar-refractivity contribution is 8.13. The van der Waals surface area contributed by atoms with Gasteiger partial charge in [-0.1, -0.05) is 40.0 Å². The summed E-state index contributed by atoms with van der Waals surface area (Å²) in [6, 6.07) is 0. The Hall–Kier alpha value is -0.450. The summed E-state index contributed by atoms with van der Waals surface area (Å²) in [5.74, 6) is -1.15. The zero-order chi connectivity index (χ0) is 22.6. The van der Waals surface area contributed by atoms with Crippen molar-refractivity contribution in [3.05, 3.63) is 0 Å². The van der Waals surface area contributed by atoms with Crippen molar-refractivity contribution < 1.29 is 36.9 Å². The van der Waals surface area contributed by atoms with Crippen molar-refractivity contribution in [1.29, 1.82) is 0 Å². The average Bonchev–Trinajstić information content (AvgIpc) is 2.69. The fourth-order valence-electron chi connectivity index (χ4n) is 3.22.